The van der Waals surface area contributed by atoms with Crippen molar-refractivity contribution < 1.29 is 9.53 Å². The average Bonchev–Trinajstić information content (AvgIpc) is 3.08. The molecule has 0 bridgehead atoms. The lowest BCUT2D eigenvalue weighted by molar-refractivity contribution is 0.253. The molecule has 2 aliphatic heterocycles. The van der Waals surface area contributed by atoms with Crippen LogP contribution in [0.1, 0.15) is 37.7 Å². The predicted molar refractivity (Wildman–Crippen MR) is 151 cm³/mol. The van der Waals surface area contributed by atoms with Crippen LogP contribution >= 0.6 is 22.9 Å². The van der Waals surface area contributed by atoms with E-state index in [1.807, 2.05) is 24.3 Å². The number of para-hydroxylation sites is 1. The number of urea groups is 1. The third kappa shape index (κ3) is 5.58. The van der Waals surface area contributed by atoms with E-state index in [4.69, 9.17) is 22.1 Å². The van der Waals surface area contributed by atoms with Gasteiger partial charge in [-0.3, -0.25) is 4.90 Å². The molecular weight excluding hydrogens is 492 g/mol. The van der Waals surface area contributed by atoms with Gasteiger partial charge in [0.15, 0.2) is 0 Å². The summed E-state index contributed by atoms with van der Waals surface area (Å²) in [5.41, 5.74) is 8.35. The van der Waals surface area contributed by atoms with Crippen LogP contribution in [0.5, 0.6) is 5.75 Å². The van der Waals surface area contributed by atoms with Gasteiger partial charge >= 0.3 is 6.03 Å². The second kappa shape index (κ2) is 11.7. The minimum Gasteiger partial charge on any atom is -0.491 e. The van der Waals surface area contributed by atoms with E-state index >= 15 is 0 Å². The summed E-state index contributed by atoms with van der Waals surface area (Å²) in [6.45, 7) is 6.60. The van der Waals surface area contributed by atoms with Gasteiger partial charge in [0.1, 0.15) is 10.8 Å². The molecule has 0 atom stereocenters. The van der Waals surface area contributed by atoms with Crippen LogP contribution in [-0.2, 0) is 6.42 Å². The standard InChI is InChI=1S/C28H35ClN4O2S/c29-25-22-11-1-2-13-24(22)36-27(25)33(28(30)34)17-5-4-14-31-15-8-16-32(19-18-31)23-12-7-10-21-9-3-6-20-35-26(21)23/h1-2,7,10-13H,3-6,8-9,14-20H2,(H2,30,34). The number of anilines is 2. The third-order valence-corrected chi connectivity index (χ3v) is 8.92. The van der Waals surface area contributed by atoms with Gasteiger partial charge in [-0.25, -0.2) is 4.79 Å². The van der Waals surface area contributed by atoms with Crippen LogP contribution in [-0.4, -0.2) is 56.8 Å². The Hall–Kier alpha value is -2.48. The van der Waals surface area contributed by atoms with Gasteiger partial charge in [0.25, 0.3) is 0 Å². The maximum Gasteiger partial charge on any atom is 0.319 e. The van der Waals surface area contributed by atoms with Crippen LogP contribution < -0.4 is 20.3 Å². The molecule has 0 unspecified atom stereocenters. The molecule has 3 heterocycles. The SMILES string of the molecule is NC(=O)N(CCCCN1CCCN(c2cccc3c2OCCCC3)CC1)c1sc2ccccc2c1Cl. The molecule has 1 saturated heterocycles. The highest BCUT2D eigenvalue weighted by Crippen LogP contribution is 2.42. The molecule has 192 valence electrons. The summed E-state index contributed by atoms with van der Waals surface area (Å²) < 4.78 is 7.25. The minimum absolute atomic E-state index is 0.446. The van der Waals surface area contributed by atoms with Crippen molar-refractivity contribution in [3.8, 4) is 5.75 Å². The van der Waals surface area contributed by atoms with Gasteiger partial charge in [0.05, 0.1) is 17.3 Å². The fraction of sp³-hybridized carbons (Fsp3) is 0.464. The normalized spacial score (nSPS) is 16.8. The quantitative estimate of drug-likeness (QED) is 0.375. The minimum atomic E-state index is -0.446. The molecule has 1 aromatic heterocycles. The van der Waals surface area contributed by atoms with Crippen LogP contribution in [0.3, 0.4) is 0 Å². The maximum absolute atomic E-state index is 12.2. The Bertz CT molecular complexity index is 1200. The lowest BCUT2D eigenvalue weighted by Crippen LogP contribution is -2.36. The highest BCUT2D eigenvalue weighted by molar-refractivity contribution is 7.23. The first-order chi connectivity index (χ1) is 17.6. The molecule has 2 amide bonds. The zero-order valence-electron chi connectivity index (χ0n) is 20.8. The van der Waals surface area contributed by atoms with E-state index in [1.54, 1.807) is 4.90 Å². The molecule has 8 heteroatoms. The van der Waals surface area contributed by atoms with Crippen molar-refractivity contribution >= 4 is 49.7 Å². The average molecular weight is 527 g/mol. The number of hydrogen-bond acceptors (Lipinski definition) is 5. The molecular formula is C28H35ClN4O2S. The highest BCUT2D eigenvalue weighted by atomic mass is 35.5. The largest absolute Gasteiger partial charge is 0.491 e. The van der Waals surface area contributed by atoms with Crippen LogP contribution in [0.25, 0.3) is 10.1 Å². The molecule has 2 aliphatic rings. The summed E-state index contributed by atoms with van der Waals surface area (Å²) in [6, 6.07) is 14.1. The number of rotatable bonds is 7. The van der Waals surface area contributed by atoms with E-state index in [2.05, 4.69) is 28.0 Å². The van der Waals surface area contributed by atoms with Crippen molar-refractivity contribution in [2.24, 2.45) is 5.73 Å². The molecule has 1 fully saturated rings. The molecule has 5 rings (SSSR count). The Kier molecular flexibility index (Phi) is 8.19. The van der Waals surface area contributed by atoms with E-state index in [9.17, 15) is 4.79 Å². The number of benzene rings is 2. The van der Waals surface area contributed by atoms with Crippen LogP contribution in [0.2, 0.25) is 5.02 Å². The summed E-state index contributed by atoms with van der Waals surface area (Å²) in [4.78, 5) is 18.9. The summed E-state index contributed by atoms with van der Waals surface area (Å²) in [7, 11) is 0. The number of unbranched alkanes of at least 4 members (excludes halogenated alkanes) is 1. The number of fused-ring (bicyclic) bond motifs is 2. The predicted octanol–water partition coefficient (Wildman–Crippen LogP) is 6.15. The van der Waals surface area contributed by atoms with E-state index in [-0.39, 0.29) is 0 Å². The van der Waals surface area contributed by atoms with Crippen molar-refractivity contribution in [1.29, 1.82) is 0 Å². The van der Waals surface area contributed by atoms with E-state index < -0.39 is 6.03 Å². The Morgan fingerprint density at radius 3 is 2.78 bits per heavy atom. The van der Waals surface area contributed by atoms with Crippen LogP contribution in [0, 0.1) is 0 Å². The number of nitrogens with two attached hydrogens (primary N) is 1. The number of carbonyl (C=O) groups excluding carboxylic acids is 1. The van der Waals surface area contributed by atoms with E-state index in [0.29, 0.717) is 11.6 Å². The molecule has 0 spiro atoms. The zero-order valence-corrected chi connectivity index (χ0v) is 22.3. The van der Waals surface area contributed by atoms with Crippen molar-refractivity contribution in [3.05, 3.63) is 53.1 Å². The van der Waals surface area contributed by atoms with E-state index in [1.165, 1.54) is 29.0 Å². The molecule has 3 aromatic rings. The second-order valence-corrected chi connectivity index (χ2v) is 11.1. The molecule has 2 aromatic carbocycles. The monoisotopic (exact) mass is 526 g/mol. The number of hydrogen-bond donors (Lipinski definition) is 1. The molecule has 2 N–H and O–H groups in total. The first kappa shape index (κ1) is 25.2. The Balaban J connectivity index is 1.15. The van der Waals surface area contributed by atoms with Gasteiger partial charge in [-0.2, -0.15) is 0 Å². The first-order valence-corrected chi connectivity index (χ1v) is 14.3. The van der Waals surface area contributed by atoms with Crippen molar-refractivity contribution in [1.82, 2.24) is 4.90 Å². The van der Waals surface area contributed by atoms with Crippen molar-refractivity contribution in [2.75, 3.05) is 55.7 Å². The second-order valence-electron chi connectivity index (χ2n) is 9.67. The Labute approximate surface area is 222 Å². The zero-order chi connectivity index (χ0) is 24.9. The van der Waals surface area contributed by atoms with Gasteiger partial charge in [-0.1, -0.05) is 41.9 Å². The van der Waals surface area contributed by atoms with Gasteiger partial charge < -0.3 is 20.3 Å². The summed E-state index contributed by atoms with van der Waals surface area (Å²) in [6.07, 6.45) is 6.47. The number of amides is 2. The molecule has 0 aliphatic carbocycles. The number of aryl methyl sites for hydroxylation is 1. The number of thiophene rings is 1. The molecule has 6 nitrogen and oxygen atoms in total. The number of nitrogens with zero attached hydrogens (tertiary/aromatic N) is 3. The number of ether oxygens (including phenoxy) is 1. The number of primary amides is 1. The van der Waals surface area contributed by atoms with Gasteiger partial charge in [0.2, 0.25) is 0 Å². The summed E-state index contributed by atoms with van der Waals surface area (Å²) in [5, 5.41) is 2.34. The molecule has 36 heavy (non-hydrogen) atoms. The molecule has 0 radical (unpaired) electrons. The summed E-state index contributed by atoms with van der Waals surface area (Å²) in [5.74, 6) is 1.11. The fourth-order valence-electron chi connectivity index (χ4n) is 5.30. The number of halogens is 1. The van der Waals surface area contributed by atoms with Crippen molar-refractivity contribution in [3.63, 3.8) is 0 Å². The van der Waals surface area contributed by atoms with Crippen LogP contribution in [0.4, 0.5) is 15.5 Å². The third-order valence-electron chi connectivity index (χ3n) is 7.23. The fourth-order valence-corrected chi connectivity index (χ4v) is 6.87. The van der Waals surface area contributed by atoms with E-state index in [0.717, 1.165) is 92.3 Å². The highest BCUT2D eigenvalue weighted by Gasteiger charge is 2.22. The lowest BCUT2D eigenvalue weighted by atomic mass is 10.1. The summed E-state index contributed by atoms with van der Waals surface area (Å²) >= 11 is 8.13. The topological polar surface area (TPSA) is 62.0 Å². The Morgan fingerprint density at radius 2 is 1.92 bits per heavy atom. The van der Waals surface area contributed by atoms with Gasteiger partial charge in [0, 0.05) is 36.3 Å². The van der Waals surface area contributed by atoms with Gasteiger partial charge in [-0.05, 0) is 69.3 Å². The number of carbonyl (C=O) groups is 1. The van der Waals surface area contributed by atoms with Crippen molar-refractivity contribution in [2.45, 2.75) is 38.5 Å². The molecule has 0 saturated carbocycles. The lowest BCUT2D eigenvalue weighted by Gasteiger charge is -2.26. The smallest absolute Gasteiger partial charge is 0.319 e. The Morgan fingerprint density at radius 1 is 1.03 bits per heavy atom. The van der Waals surface area contributed by atoms with Gasteiger partial charge in [-0.15, -0.1) is 11.3 Å². The maximum atomic E-state index is 12.2. The first-order valence-electron chi connectivity index (χ1n) is 13.1. The van der Waals surface area contributed by atoms with Crippen LogP contribution in [0.15, 0.2) is 42.5 Å².